The molecule has 0 N–H and O–H groups in total. The van der Waals surface area contributed by atoms with Crippen molar-refractivity contribution in [3.05, 3.63) is 6.92 Å². The van der Waals surface area contributed by atoms with E-state index in [-0.39, 0.29) is 32.5 Å². The summed E-state index contributed by atoms with van der Waals surface area (Å²) in [6.07, 6.45) is 0. The fourth-order valence-corrected chi connectivity index (χ4v) is 0.492. The second-order valence-electron chi connectivity index (χ2n) is 1.19. The molecule has 4 heteroatoms. The van der Waals surface area contributed by atoms with Gasteiger partial charge in [0.1, 0.15) is 0 Å². The Morgan fingerprint density at radius 3 is 1.75 bits per heavy atom. The molecule has 0 aromatic heterocycles. The van der Waals surface area contributed by atoms with Crippen LogP contribution in [0.4, 0.5) is 0 Å². The molecule has 0 heterocycles. The molecule has 0 bridgehead atoms. The van der Waals surface area contributed by atoms with Crippen LogP contribution in [-0.2, 0) is 21.7 Å². The van der Waals surface area contributed by atoms with Crippen LogP contribution >= 0.6 is 34.8 Å². The van der Waals surface area contributed by atoms with Crippen molar-refractivity contribution < 1.29 is 21.7 Å². The monoisotopic (exact) mass is 207 g/mol. The molecule has 0 fully saturated rings. The summed E-state index contributed by atoms with van der Waals surface area (Å²) in [7, 11) is 0. The number of hydrogen-bond donors (Lipinski definition) is 0. The summed E-state index contributed by atoms with van der Waals surface area (Å²) in [5.74, 6) is 0.360. The van der Waals surface area contributed by atoms with Crippen LogP contribution in [0.25, 0.3) is 0 Å². The number of hydrogen-bond acceptors (Lipinski definition) is 0. The summed E-state index contributed by atoms with van der Waals surface area (Å²) in [6.45, 7) is 3.46. The van der Waals surface area contributed by atoms with E-state index < -0.39 is 0 Å². The smallest absolute Gasteiger partial charge is 0.0376 e. The molecule has 0 amide bonds. The molecule has 2 atom stereocenters. The SMILES string of the molecule is [CH2-]C(Cl)C(Cl)CCl.[Ti]. The topological polar surface area (TPSA) is 0 Å². The first-order chi connectivity index (χ1) is 3.18. The van der Waals surface area contributed by atoms with Crippen molar-refractivity contribution in [2.24, 2.45) is 0 Å². The molecule has 0 aromatic rings. The van der Waals surface area contributed by atoms with Gasteiger partial charge in [0.05, 0.1) is 0 Å². The Bertz CT molecular complexity index is 48.5. The van der Waals surface area contributed by atoms with Gasteiger partial charge in [0, 0.05) is 33.0 Å². The van der Waals surface area contributed by atoms with Gasteiger partial charge in [-0.1, -0.05) is 5.38 Å². The van der Waals surface area contributed by atoms with Gasteiger partial charge in [0.15, 0.2) is 0 Å². The molecule has 0 rings (SSSR count). The molecule has 0 aromatic carbocycles. The predicted molar refractivity (Wildman–Crippen MR) is 35.4 cm³/mol. The second-order valence-corrected chi connectivity index (χ2v) is 2.62. The first-order valence-electron chi connectivity index (χ1n) is 1.85. The third kappa shape index (κ3) is 5.72. The molecule has 8 heavy (non-hydrogen) atoms. The van der Waals surface area contributed by atoms with Crippen LogP contribution in [-0.4, -0.2) is 16.6 Å². The first-order valence-corrected chi connectivity index (χ1v) is 3.26. The fraction of sp³-hybridized carbons (Fsp3) is 0.750. The maximum atomic E-state index is 5.47. The third-order valence-corrected chi connectivity index (χ3v) is 1.92. The Morgan fingerprint density at radius 2 is 1.75 bits per heavy atom. The Hall–Kier alpha value is 1.58. The normalized spacial score (nSPS) is 16.5. The van der Waals surface area contributed by atoms with Crippen LogP contribution < -0.4 is 0 Å². The molecule has 0 nitrogen and oxygen atoms in total. The summed E-state index contributed by atoms with van der Waals surface area (Å²) in [5.41, 5.74) is 0. The predicted octanol–water partition coefficient (Wildman–Crippen LogP) is 2.27. The average molecular weight is 208 g/mol. The van der Waals surface area contributed by atoms with Gasteiger partial charge in [-0.05, 0) is 0 Å². The van der Waals surface area contributed by atoms with Crippen molar-refractivity contribution in [2.45, 2.75) is 10.8 Å². The molecule has 0 aliphatic rings. The largest absolute Gasteiger partial charge is 0.324 e. The molecule has 2 unspecified atom stereocenters. The summed E-state index contributed by atoms with van der Waals surface area (Å²) >= 11 is 16.2. The maximum absolute atomic E-state index is 5.47. The van der Waals surface area contributed by atoms with Gasteiger partial charge in [0.2, 0.25) is 0 Å². The van der Waals surface area contributed by atoms with Crippen LogP contribution in [0.3, 0.4) is 0 Å². The summed E-state index contributed by atoms with van der Waals surface area (Å²) < 4.78 is 0. The molecular formula is C4H6Cl3Ti-. The average Bonchev–Trinajstić information content (AvgIpc) is 1.65. The van der Waals surface area contributed by atoms with E-state index in [1.54, 1.807) is 0 Å². The van der Waals surface area contributed by atoms with E-state index in [9.17, 15) is 0 Å². The summed E-state index contributed by atoms with van der Waals surface area (Å²) in [5, 5.41) is -0.484. The van der Waals surface area contributed by atoms with Crippen LogP contribution in [0.2, 0.25) is 0 Å². The minimum atomic E-state index is -0.279. The standard InChI is InChI=1S/C4H6Cl3.Ti/c1-3(6)4(7)2-5;/h3-4H,1-2H2;/q-1;. The Kier molecular flexibility index (Phi) is 10.3. The van der Waals surface area contributed by atoms with Gasteiger partial charge in [0.25, 0.3) is 0 Å². The number of rotatable bonds is 2. The van der Waals surface area contributed by atoms with Gasteiger partial charge in [-0.3, -0.25) is 0 Å². The molecule has 0 saturated carbocycles. The van der Waals surface area contributed by atoms with E-state index in [4.69, 9.17) is 34.8 Å². The maximum Gasteiger partial charge on any atom is 0.0376 e. The first kappa shape index (κ1) is 12.3. The van der Waals surface area contributed by atoms with Crippen molar-refractivity contribution in [2.75, 3.05) is 5.88 Å². The van der Waals surface area contributed by atoms with Gasteiger partial charge in [-0.15, -0.1) is 23.2 Å². The number of halogens is 3. The van der Waals surface area contributed by atoms with E-state index in [1.807, 2.05) is 0 Å². The van der Waals surface area contributed by atoms with Crippen molar-refractivity contribution in [1.29, 1.82) is 0 Å². The van der Waals surface area contributed by atoms with E-state index >= 15 is 0 Å². The van der Waals surface area contributed by atoms with Gasteiger partial charge in [-0.2, -0.15) is 11.6 Å². The van der Waals surface area contributed by atoms with Crippen molar-refractivity contribution in [3.63, 3.8) is 0 Å². The van der Waals surface area contributed by atoms with Crippen molar-refractivity contribution >= 4 is 34.8 Å². The summed E-state index contributed by atoms with van der Waals surface area (Å²) in [6, 6.07) is 0. The van der Waals surface area contributed by atoms with Crippen molar-refractivity contribution in [3.8, 4) is 0 Å². The molecule has 48 valence electrons. The zero-order valence-corrected chi connectivity index (χ0v) is 8.03. The van der Waals surface area contributed by atoms with E-state index in [0.29, 0.717) is 5.88 Å². The van der Waals surface area contributed by atoms with E-state index in [1.165, 1.54) is 0 Å². The Balaban J connectivity index is 0. The Morgan fingerprint density at radius 1 is 1.38 bits per heavy atom. The molecule has 0 aliphatic carbocycles. The van der Waals surface area contributed by atoms with Gasteiger partial charge in [-0.25, -0.2) is 0 Å². The van der Waals surface area contributed by atoms with Crippen LogP contribution in [0.1, 0.15) is 0 Å². The molecule has 0 aliphatic heterocycles. The zero-order valence-electron chi connectivity index (χ0n) is 4.20. The molecule has 0 saturated heterocycles. The van der Waals surface area contributed by atoms with E-state index in [0.717, 1.165) is 0 Å². The minimum absolute atomic E-state index is 0. The fourth-order valence-electron chi connectivity index (χ4n) is 0.0967. The Labute approximate surface area is 79.8 Å². The van der Waals surface area contributed by atoms with E-state index in [2.05, 4.69) is 6.92 Å². The molecule has 0 spiro atoms. The third-order valence-electron chi connectivity index (χ3n) is 0.540. The van der Waals surface area contributed by atoms with Crippen LogP contribution in [0, 0.1) is 6.92 Å². The van der Waals surface area contributed by atoms with Crippen LogP contribution in [0.15, 0.2) is 0 Å². The quantitative estimate of drug-likeness (QED) is 0.371. The van der Waals surface area contributed by atoms with Gasteiger partial charge < -0.3 is 6.92 Å². The molecule has 0 radical (unpaired) electrons. The van der Waals surface area contributed by atoms with Crippen LogP contribution in [0.5, 0.6) is 0 Å². The number of alkyl halides is 3. The molecular weight excluding hydrogens is 202 g/mol. The zero-order chi connectivity index (χ0) is 5.86. The van der Waals surface area contributed by atoms with Crippen molar-refractivity contribution in [1.82, 2.24) is 0 Å². The minimum Gasteiger partial charge on any atom is -0.324 e. The summed E-state index contributed by atoms with van der Waals surface area (Å²) in [4.78, 5) is 0. The second kappa shape index (κ2) is 6.70. The van der Waals surface area contributed by atoms with Gasteiger partial charge >= 0.3 is 0 Å².